The van der Waals surface area contributed by atoms with E-state index in [0.717, 1.165) is 0 Å². The molecule has 1 N–H and O–H groups in total. The molecule has 0 atom stereocenters. The van der Waals surface area contributed by atoms with E-state index in [0.29, 0.717) is 53.5 Å². The fourth-order valence-electron chi connectivity index (χ4n) is 3.51. The monoisotopic (exact) mass is 425 g/mol. The lowest BCUT2D eigenvalue weighted by atomic mass is 10.1. The molecule has 1 saturated heterocycles. The summed E-state index contributed by atoms with van der Waals surface area (Å²) in [5.74, 6) is -0.595. The topological polar surface area (TPSA) is 80.6 Å². The van der Waals surface area contributed by atoms with Crippen LogP contribution in [-0.4, -0.2) is 47.6 Å². The van der Waals surface area contributed by atoms with Crippen molar-refractivity contribution in [3.63, 3.8) is 0 Å². The maximum Gasteiger partial charge on any atom is 0.254 e. The molecule has 0 radical (unpaired) electrons. The average molecular weight is 426 g/mol. The number of nitrogens with zero attached hydrogens (tertiary/aromatic N) is 2. The van der Waals surface area contributed by atoms with E-state index in [-0.39, 0.29) is 18.4 Å². The molecule has 30 heavy (non-hydrogen) atoms. The average Bonchev–Trinajstić information content (AvgIpc) is 2.77. The van der Waals surface area contributed by atoms with Gasteiger partial charge in [0.1, 0.15) is 6.54 Å². The molecule has 2 heterocycles. The Balaban J connectivity index is 1.67. The molecule has 7 nitrogen and oxygen atoms in total. The summed E-state index contributed by atoms with van der Waals surface area (Å²) in [5.41, 5.74) is 0.913. The Morgan fingerprint density at radius 3 is 2.50 bits per heavy atom. The first-order valence-corrected chi connectivity index (χ1v) is 9.96. The van der Waals surface area contributed by atoms with Crippen LogP contribution in [0.1, 0.15) is 10.4 Å². The Morgan fingerprint density at radius 2 is 1.73 bits per heavy atom. The molecule has 2 amide bonds. The minimum absolute atomic E-state index is 0.198. The Labute approximate surface area is 177 Å². The van der Waals surface area contributed by atoms with Gasteiger partial charge in [0.15, 0.2) is 0 Å². The van der Waals surface area contributed by atoms with Crippen molar-refractivity contribution in [1.29, 1.82) is 0 Å². The summed E-state index contributed by atoms with van der Waals surface area (Å²) in [6, 6.07) is 15.3. The number of carbonyl (C=O) groups excluding carboxylic acids is 2. The normalized spacial score (nSPS) is 14.0. The lowest BCUT2D eigenvalue weighted by Crippen LogP contribution is -2.41. The van der Waals surface area contributed by atoms with Gasteiger partial charge in [0.25, 0.3) is 11.5 Å². The zero-order valence-electron chi connectivity index (χ0n) is 16.1. The highest BCUT2D eigenvalue weighted by Crippen LogP contribution is 2.22. The van der Waals surface area contributed by atoms with Gasteiger partial charge in [-0.1, -0.05) is 41.9 Å². The maximum absolute atomic E-state index is 13.0. The third-order valence-electron chi connectivity index (χ3n) is 5.00. The van der Waals surface area contributed by atoms with E-state index in [2.05, 4.69) is 5.32 Å². The summed E-state index contributed by atoms with van der Waals surface area (Å²) < 4.78 is 6.66. The molecule has 0 unspecified atom stereocenters. The number of ether oxygens (including phenoxy) is 1. The number of hydrogen-bond donors (Lipinski definition) is 1. The number of pyridine rings is 1. The predicted molar refractivity (Wildman–Crippen MR) is 115 cm³/mol. The molecule has 1 aliphatic rings. The van der Waals surface area contributed by atoms with Crippen LogP contribution in [0.15, 0.2) is 59.4 Å². The first-order chi connectivity index (χ1) is 14.5. The first-order valence-electron chi connectivity index (χ1n) is 9.58. The van der Waals surface area contributed by atoms with Crippen LogP contribution in [0.4, 0.5) is 5.69 Å². The molecule has 154 valence electrons. The molecule has 2 aromatic carbocycles. The van der Waals surface area contributed by atoms with E-state index >= 15 is 0 Å². The molecule has 1 aliphatic heterocycles. The molecule has 8 heteroatoms. The summed E-state index contributed by atoms with van der Waals surface area (Å²) in [5, 5.41) is 3.76. The SMILES string of the molecule is O=C(Cn1c(=O)cc(C(=O)N2CCOCC2)c2ccccc21)Nc1ccccc1Cl. The second-order valence-corrected chi connectivity index (χ2v) is 7.34. The summed E-state index contributed by atoms with van der Waals surface area (Å²) in [6.07, 6.45) is 0. The molecule has 0 saturated carbocycles. The quantitative estimate of drug-likeness (QED) is 0.697. The lowest BCUT2D eigenvalue weighted by molar-refractivity contribution is -0.116. The number of anilines is 1. The van der Waals surface area contributed by atoms with Gasteiger partial charge in [-0.3, -0.25) is 19.0 Å². The molecular weight excluding hydrogens is 406 g/mol. The van der Waals surface area contributed by atoms with E-state index < -0.39 is 5.56 Å². The molecule has 3 aromatic rings. The lowest BCUT2D eigenvalue weighted by Gasteiger charge is -2.27. The third-order valence-corrected chi connectivity index (χ3v) is 5.33. The zero-order valence-corrected chi connectivity index (χ0v) is 16.9. The number of morpholine rings is 1. The van der Waals surface area contributed by atoms with Gasteiger partial charge in [-0.2, -0.15) is 0 Å². The van der Waals surface area contributed by atoms with Crippen LogP contribution in [0.2, 0.25) is 5.02 Å². The Kier molecular flexibility index (Phi) is 5.83. The minimum Gasteiger partial charge on any atom is -0.378 e. The number of carbonyl (C=O) groups is 2. The molecule has 1 aromatic heterocycles. The van der Waals surface area contributed by atoms with Crippen LogP contribution in [-0.2, 0) is 16.1 Å². The van der Waals surface area contributed by atoms with Crippen LogP contribution in [0.25, 0.3) is 10.9 Å². The number of para-hydroxylation sites is 2. The maximum atomic E-state index is 13.0. The Hall–Kier alpha value is -3.16. The number of halogens is 1. The summed E-state index contributed by atoms with van der Waals surface area (Å²) in [7, 11) is 0. The first kappa shape index (κ1) is 20.1. The number of aromatic nitrogens is 1. The molecule has 0 bridgehead atoms. The van der Waals surface area contributed by atoms with Crippen molar-refractivity contribution in [2.45, 2.75) is 6.54 Å². The van der Waals surface area contributed by atoms with Crippen molar-refractivity contribution in [3.8, 4) is 0 Å². The van der Waals surface area contributed by atoms with E-state index in [4.69, 9.17) is 16.3 Å². The van der Waals surface area contributed by atoms with Gasteiger partial charge in [0, 0.05) is 24.5 Å². The van der Waals surface area contributed by atoms with Gasteiger partial charge in [-0.25, -0.2) is 0 Å². The second kappa shape index (κ2) is 8.69. The van der Waals surface area contributed by atoms with Crippen LogP contribution in [0, 0.1) is 0 Å². The van der Waals surface area contributed by atoms with Gasteiger partial charge in [0.05, 0.1) is 35.0 Å². The number of fused-ring (bicyclic) bond motifs is 1. The van der Waals surface area contributed by atoms with E-state index in [1.54, 1.807) is 53.4 Å². The van der Waals surface area contributed by atoms with Crippen molar-refractivity contribution in [1.82, 2.24) is 9.47 Å². The minimum atomic E-state index is -0.417. The van der Waals surface area contributed by atoms with Crippen molar-refractivity contribution < 1.29 is 14.3 Å². The smallest absolute Gasteiger partial charge is 0.254 e. The van der Waals surface area contributed by atoms with Crippen molar-refractivity contribution in [2.75, 3.05) is 31.6 Å². The standard InChI is InChI=1S/C22H20ClN3O4/c23-17-6-2-3-7-18(17)24-20(27)14-26-19-8-4-1-5-15(19)16(13-21(26)28)22(29)25-9-11-30-12-10-25/h1-8,13H,9-12,14H2,(H,24,27). The summed E-state index contributed by atoms with van der Waals surface area (Å²) in [6.45, 7) is 1.72. The second-order valence-electron chi connectivity index (χ2n) is 6.93. The van der Waals surface area contributed by atoms with E-state index in [1.807, 2.05) is 0 Å². The fourth-order valence-corrected chi connectivity index (χ4v) is 3.69. The zero-order chi connectivity index (χ0) is 21.1. The molecule has 0 aliphatic carbocycles. The predicted octanol–water partition coefficient (Wildman–Crippen LogP) is 2.77. The van der Waals surface area contributed by atoms with Gasteiger partial charge < -0.3 is 15.0 Å². The van der Waals surface area contributed by atoms with Crippen LogP contribution < -0.4 is 10.9 Å². The molecule has 0 spiro atoms. The van der Waals surface area contributed by atoms with E-state index in [1.165, 1.54) is 10.6 Å². The third kappa shape index (κ3) is 4.08. The highest BCUT2D eigenvalue weighted by Gasteiger charge is 2.22. The van der Waals surface area contributed by atoms with E-state index in [9.17, 15) is 14.4 Å². The highest BCUT2D eigenvalue weighted by molar-refractivity contribution is 6.33. The summed E-state index contributed by atoms with van der Waals surface area (Å²) in [4.78, 5) is 40.1. The van der Waals surface area contributed by atoms with Crippen molar-refractivity contribution in [2.24, 2.45) is 0 Å². The molecule has 1 fully saturated rings. The molecule has 4 rings (SSSR count). The number of hydrogen-bond acceptors (Lipinski definition) is 4. The van der Waals surface area contributed by atoms with Gasteiger partial charge >= 0.3 is 0 Å². The number of rotatable bonds is 4. The summed E-state index contributed by atoms with van der Waals surface area (Å²) >= 11 is 6.09. The number of nitrogens with one attached hydrogen (secondary N) is 1. The van der Waals surface area contributed by atoms with Crippen LogP contribution in [0.5, 0.6) is 0 Å². The van der Waals surface area contributed by atoms with Crippen LogP contribution in [0.3, 0.4) is 0 Å². The largest absolute Gasteiger partial charge is 0.378 e. The molecular formula is C22H20ClN3O4. The van der Waals surface area contributed by atoms with Gasteiger partial charge in [-0.05, 0) is 18.2 Å². The number of benzene rings is 2. The Bertz CT molecular complexity index is 1170. The van der Waals surface area contributed by atoms with Crippen LogP contribution >= 0.6 is 11.6 Å². The van der Waals surface area contributed by atoms with Gasteiger partial charge in [-0.15, -0.1) is 0 Å². The van der Waals surface area contributed by atoms with Crippen molar-refractivity contribution in [3.05, 3.63) is 75.5 Å². The highest BCUT2D eigenvalue weighted by atomic mass is 35.5. The number of amides is 2. The fraction of sp³-hybridized carbons (Fsp3) is 0.227. The Morgan fingerprint density at radius 1 is 1.03 bits per heavy atom. The van der Waals surface area contributed by atoms with Crippen molar-refractivity contribution >= 4 is 40.0 Å². The van der Waals surface area contributed by atoms with Gasteiger partial charge in [0.2, 0.25) is 5.91 Å².